The molecule has 0 saturated carbocycles. The first-order valence-electron chi connectivity index (χ1n) is 8.54. The molecule has 7 heteroatoms. The van der Waals surface area contributed by atoms with E-state index in [1.165, 1.54) is 6.26 Å². The van der Waals surface area contributed by atoms with Crippen molar-refractivity contribution in [2.75, 3.05) is 11.9 Å². The van der Waals surface area contributed by atoms with Crippen molar-refractivity contribution in [2.45, 2.75) is 38.8 Å². The predicted octanol–water partition coefficient (Wildman–Crippen LogP) is 3.13. The van der Waals surface area contributed by atoms with Gasteiger partial charge in [0.25, 0.3) is 11.8 Å². The molecular formula is C19H24ClN3O3. The molecule has 3 rings (SSSR count). The zero-order valence-electron chi connectivity index (χ0n) is 14.9. The molecule has 1 aromatic carbocycles. The van der Waals surface area contributed by atoms with Gasteiger partial charge in [-0.05, 0) is 63.1 Å². The van der Waals surface area contributed by atoms with Crippen LogP contribution in [0.4, 0.5) is 5.69 Å². The summed E-state index contributed by atoms with van der Waals surface area (Å²) in [6, 6.07) is 8.92. The van der Waals surface area contributed by atoms with E-state index in [4.69, 9.17) is 4.42 Å². The van der Waals surface area contributed by atoms with Gasteiger partial charge in [-0.15, -0.1) is 12.4 Å². The highest BCUT2D eigenvalue weighted by molar-refractivity contribution is 6.04. The monoisotopic (exact) mass is 377 g/mol. The van der Waals surface area contributed by atoms with Crippen molar-refractivity contribution in [3.05, 3.63) is 53.5 Å². The quantitative estimate of drug-likeness (QED) is 0.764. The predicted molar refractivity (Wildman–Crippen MR) is 103 cm³/mol. The normalized spacial score (nSPS) is 19.3. The number of piperidine rings is 1. The van der Waals surface area contributed by atoms with Gasteiger partial charge in [-0.25, -0.2) is 0 Å². The number of amides is 2. The lowest BCUT2D eigenvalue weighted by atomic mass is 9.99. The highest BCUT2D eigenvalue weighted by Gasteiger charge is 2.23. The SMILES string of the molecule is Cc1ccc(C(=O)NC2CCCNC2C)cc1NC(=O)c1ccco1.Cl. The van der Waals surface area contributed by atoms with Crippen molar-refractivity contribution in [1.82, 2.24) is 10.6 Å². The third-order valence-corrected chi connectivity index (χ3v) is 4.57. The number of halogens is 1. The van der Waals surface area contributed by atoms with E-state index in [0.717, 1.165) is 24.9 Å². The molecule has 0 spiro atoms. The number of carbonyl (C=O) groups is 2. The van der Waals surface area contributed by atoms with E-state index in [1.54, 1.807) is 24.3 Å². The van der Waals surface area contributed by atoms with Crippen LogP contribution in [0.2, 0.25) is 0 Å². The van der Waals surface area contributed by atoms with Crippen molar-refractivity contribution >= 4 is 29.9 Å². The van der Waals surface area contributed by atoms with Gasteiger partial charge in [-0.3, -0.25) is 9.59 Å². The summed E-state index contributed by atoms with van der Waals surface area (Å²) in [5, 5.41) is 9.24. The maximum absolute atomic E-state index is 12.6. The minimum atomic E-state index is -0.337. The van der Waals surface area contributed by atoms with Gasteiger partial charge in [0, 0.05) is 23.3 Å². The average molecular weight is 378 g/mol. The molecule has 0 aliphatic carbocycles. The van der Waals surface area contributed by atoms with Crippen LogP contribution in [0.25, 0.3) is 0 Å². The number of benzene rings is 1. The molecule has 1 fully saturated rings. The summed E-state index contributed by atoms with van der Waals surface area (Å²) < 4.78 is 5.10. The van der Waals surface area contributed by atoms with Crippen LogP contribution in [0.15, 0.2) is 41.0 Å². The second-order valence-electron chi connectivity index (χ2n) is 6.43. The topological polar surface area (TPSA) is 83.4 Å². The van der Waals surface area contributed by atoms with Crippen LogP contribution in [0.3, 0.4) is 0 Å². The molecule has 1 aliphatic heterocycles. The molecule has 0 bridgehead atoms. The van der Waals surface area contributed by atoms with Crippen LogP contribution in [0.1, 0.15) is 46.2 Å². The van der Waals surface area contributed by atoms with Crippen molar-refractivity contribution in [3.8, 4) is 0 Å². The van der Waals surface area contributed by atoms with Crippen LogP contribution in [0.5, 0.6) is 0 Å². The Kier molecular flexibility index (Phi) is 6.83. The van der Waals surface area contributed by atoms with Gasteiger partial charge in [0.05, 0.1) is 6.26 Å². The minimum absolute atomic E-state index is 0. The van der Waals surface area contributed by atoms with Gasteiger partial charge in [0.15, 0.2) is 5.76 Å². The molecule has 6 nitrogen and oxygen atoms in total. The maximum atomic E-state index is 12.6. The number of nitrogens with one attached hydrogen (secondary N) is 3. The lowest BCUT2D eigenvalue weighted by Crippen LogP contribution is -2.51. The van der Waals surface area contributed by atoms with Crippen LogP contribution < -0.4 is 16.0 Å². The number of hydrogen-bond donors (Lipinski definition) is 3. The van der Waals surface area contributed by atoms with E-state index < -0.39 is 0 Å². The van der Waals surface area contributed by atoms with E-state index >= 15 is 0 Å². The summed E-state index contributed by atoms with van der Waals surface area (Å²) >= 11 is 0. The Labute approximate surface area is 159 Å². The smallest absolute Gasteiger partial charge is 0.291 e. The third-order valence-electron chi connectivity index (χ3n) is 4.57. The van der Waals surface area contributed by atoms with E-state index in [9.17, 15) is 9.59 Å². The molecule has 0 radical (unpaired) electrons. The molecule has 1 saturated heterocycles. The maximum Gasteiger partial charge on any atom is 0.291 e. The minimum Gasteiger partial charge on any atom is -0.459 e. The largest absolute Gasteiger partial charge is 0.459 e. The molecule has 26 heavy (non-hydrogen) atoms. The van der Waals surface area contributed by atoms with Crippen LogP contribution in [-0.4, -0.2) is 30.4 Å². The Morgan fingerprint density at radius 1 is 1.23 bits per heavy atom. The molecule has 1 aromatic heterocycles. The van der Waals surface area contributed by atoms with Gasteiger partial charge in [0.1, 0.15) is 0 Å². The fraction of sp³-hybridized carbons (Fsp3) is 0.368. The van der Waals surface area contributed by atoms with Crippen molar-refractivity contribution in [2.24, 2.45) is 0 Å². The van der Waals surface area contributed by atoms with E-state index in [-0.39, 0.29) is 42.1 Å². The van der Waals surface area contributed by atoms with Gasteiger partial charge >= 0.3 is 0 Å². The molecule has 2 aromatic rings. The zero-order valence-corrected chi connectivity index (χ0v) is 15.7. The Morgan fingerprint density at radius 3 is 2.73 bits per heavy atom. The average Bonchev–Trinajstić information content (AvgIpc) is 3.13. The first-order valence-corrected chi connectivity index (χ1v) is 8.54. The zero-order chi connectivity index (χ0) is 17.8. The summed E-state index contributed by atoms with van der Waals surface area (Å²) in [6.07, 6.45) is 3.46. The number of rotatable bonds is 4. The lowest BCUT2D eigenvalue weighted by molar-refractivity contribution is 0.0918. The molecule has 3 N–H and O–H groups in total. The Morgan fingerprint density at radius 2 is 2.04 bits per heavy atom. The number of aryl methyl sites for hydroxylation is 1. The fourth-order valence-corrected chi connectivity index (χ4v) is 2.98. The molecular weight excluding hydrogens is 354 g/mol. The van der Waals surface area contributed by atoms with Gasteiger partial charge in [-0.1, -0.05) is 6.07 Å². The molecule has 1 aliphatic rings. The van der Waals surface area contributed by atoms with Crippen LogP contribution in [-0.2, 0) is 0 Å². The summed E-state index contributed by atoms with van der Waals surface area (Å²) in [7, 11) is 0. The van der Waals surface area contributed by atoms with Crippen molar-refractivity contribution in [3.63, 3.8) is 0 Å². The van der Waals surface area contributed by atoms with Crippen LogP contribution >= 0.6 is 12.4 Å². The summed E-state index contributed by atoms with van der Waals surface area (Å²) in [5.74, 6) is -0.235. The Bertz CT molecular complexity index is 761. The number of furan rings is 1. The number of hydrogen-bond acceptors (Lipinski definition) is 4. The first kappa shape index (κ1) is 20.0. The highest BCUT2D eigenvalue weighted by Crippen LogP contribution is 2.19. The number of anilines is 1. The van der Waals surface area contributed by atoms with Crippen LogP contribution in [0, 0.1) is 6.92 Å². The molecule has 2 amide bonds. The molecule has 140 valence electrons. The van der Waals surface area contributed by atoms with E-state index in [2.05, 4.69) is 22.9 Å². The highest BCUT2D eigenvalue weighted by atomic mass is 35.5. The van der Waals surface area contributed by atoms with Crippen molar-refractivity contribution < 1.29 is 14.0 Å². The third kappa shape index (κ3) is 4.65. The summed E-state index contributed by atoms with van der Waals surface area (Å²) in [5.41, 5.74) is 2.01. The fourth-order valence-electron chi connectivity index (χ4n) is 2.98. The summed E-state index contributed by atoms with van der Waals surface area (Å²) in [6.45, 7) is 4.95. The second-order valence-corrected chi connectivity index (χ2v) is 6.43. The van der Waals surface area contributed by atoms with Gasteiger partial charge < -0.3 is 20.4 Å². The Balaban J connectivity index is 0.00000243. The Hall–Kier alpha value is -2.31. The standard InChI is InChI=1S/C19H23N3O3.ClH/c1-12-7-8-14(18(23)21-15-5-3-9-20-13(15)2)11-16(12)22-19(24)17-6-4-10-25-17;/h4,6-8,10-11,13,15,20H,3,5,9H2,1-2H3,(H,21,23)(H,22,24);1H. The second kappa shape index (κ2) is 8.87. The van der Waals surface area contributed by atoms with E-state index in [0.29, 0.717) is 11.3 Å². The van der Waals surface area contributed by atoms with Crippen molar-refractivity contribution in [1.29, 1.82) is 0 Å². The summed E-state index contributed by atoms with van der Waals surface area (Å²) in [4.78, 5) is 24.7. The van der Waals surface area contributed by atoms with Gasteiger partial charge in [0.2, 0.25) is 0 Å². The van der Waals surface area contributed by atoms with E-state index in [1.807, 2.05) is 13.0 Å². The van der Waals surface area contributed by atoms with Gasteiger partial charge in [-0.2, -0.15) is 0 Å². The number of carbonyl (C=O) groups excluding carboxylic acids is 2. The lowest BCUT2D eigenvalue weighted by Gasteiger charge is -2.30. The first-order chi connectivity index (χ1) is 12.0. The molecule has 2 unspecified atom stereocenters. The molecule has 2 heterocycles. The molecule has 2 atom stereocenters.